The first-order chi connectivity index (χ1) is 14.5. The monoisotopic (exact) mass is 418 g/mol. The van der Waals surface area contributed by atoms with E-state index in [1.807, 2.05) is 35.7 Å². The maximum Gasteiger partial charge on any atom is 0.271 e. The van der Waals surface area contributed by atoms with Crippen LogP contribution in [-0.2, 0) is 16.1 Å². The number of carbonyl (C=O) groups is 2. The lowest BCUT2D eigenvalue weighted by Crippen LogP contribution is -2.27. The summed E-state index contributed by atoms with van der Waals surface area (Å²) in [4.78, 5) is 40.7. The van der Waals surface area contributed by atoms with E-state index in [0.29, 0.717) is 21.6 Å². The van der Waals surface area contributed by atoms with Gasteiger partial charge in [0.2, 0.25) is 11.8 Å². The first kappa shape index (κ1) is 19.5. The van der Waals surface area contributed by atoms with Crippen LogP contribution in [0.2, 0.25) is 0 Å². The molecule has 2 aromatic carbocycles. The van der Waals surface area contributed by atoms with Crippen molar-refractivity contribution in [1.29, 1.82) is 0 Å². The van der Waals surface area contributed by atoms with Crippen LogP contribution in [-0.4, -0.2) is 21.4 Å². The molecule has 0 unspecified atom stereocenters. The molecule has 0 bridgehead atoms. The quantitative estimate of drug-likeness (QED) is 0.517. The van der Waals surface area contributed by atoms with Gasteiger partial charge in [-0.3, -0.25) is 19.0 Å². The number of thiophene rings is 1. The van der Waals surface area contributed by atoms with E-state index in [9.17, 15) is 14.4 Å². The van der Waals surface area contributed by atoms with Gasteiger partial charge in [0.05, 0.1) is 11.8 Å². The van der Waals surface area contributed by atoms with Gasteiger partial charge in [-0.2, -0.15) is 0 Å². The molecule has 0 aliphatic rings. The largest absolute Gasteiger partial charge is 0.326 e. The first-order valence-corrected chi connectivity index (χ1v) is 10.1. The Kier molecular flexibility index (Phi) is 5.40. The van der Waals surface area contributed by atoms with E-state index in [1.165, 1.54) is 29.2 Å². The molecular weight excluding hydrogens is 400 g/mol. The van der Waals surface area contributed by atoms with Crippen LogP contribution in [0.15, 0.2) is 71.1 Å². The number of nitrogens with zero attached hydrogens (tertiary/aromatic N) is 2. The minimum Gasteiger partial charge on any atom is -0.326 e. The predicted molar refractivity (Wildman–Crippen MR) is 119 cm³/mol. The lowest BCUT2D eigenvalue weighted by Gasteiger charge is -2.08. The van der Waals surface area contributed by atoms with Crippen molar-refractivity contribution >= 4 is 44.7 Å². The molecule has 0 aliphatic heterocycles. The molecule has 7 nitrogen and oxygen atoms in total. The van der Waals surface area contributed by atoms with Crippen molar-refractivity contribution < 1.29 is 9.59 Å². The summed E-state index contributed by atoms with van der Waals surface area (Å²) in [5, 5.41) is 7.31. The highest BCUT2D eigenvalue weighted by Crippen LogP contribution is 2.30. The maximum absolute atomic E-state index is 12.8. The molecule has 0 spiro atoms. The normalized spacial score (nSPS) is 10.7. The second-order valence-corrected chi connectivity index (χ2v) is 7.56. The standard InChI is InChI=1S/C22H18N4O3S/c1-14(27)24-16-7-9-17(10-8-16)25-19(28)11-26-13-23-20-18(12-30-21(20)22(26)29)15-5-3-2-4-6-15/h2-10,12-13H,11H2,1H3,(H,24,27)(H,25,28). The van der Waals surface area contributed by atoms with Gasteiger partial charge >= 0.3 is 0 Å². The van der Waals surface area contributed by atoms with E-state index < -0.39 is 0 Å². The Morgan fingerprint density at radius 3 is 2.33 bits per heavy atom. The molecule has 0 fully saturated rings. The Hall–Kier alpha value is -3.78. The number of aromatic nitrogens is 2. The molecule has 2 N–H and O–H groups in total. The molecule has 4 rings (SSSR count). The fraction of sp³-hybridized carbons (Fsp3) is 0.0909. The molecule has 8 heteroatoms. The fourth-order valence-corrected chi connectivity index (χ4v) is 4.05. The number of hydrogen-bond acceptors (Lipinski definition) is 5. The summed E-state index contributed by atoms with van der Waals surface area (Å²) in [6.45, 7) is 1.28. The molecule has 2 amide bonds. The maximum atomic E-state index is 12.8. The topological polar surface area (TPSA) is 93.1 Å². The van der Waals surface area contributed by atoms with Gasteiger partial charge in [-0.15, -0.1) is 11.3 Å². The zero-order valence-electron chi connectivity index (χ0n) is 16.1. The van der Waals surface area contributed by atoms with Crippen molar-refractivity contribution in [2.75, 3.05) is 10.6 Å². The van der Waals surface area contributed by atoms with Crippen molar-refractivity contribution in [2.24, 2.45) is 0 Å². The molecular formula is C22H18N4O3S. The molecule has 0 saturated heterocycles. The van der Waals surface area contributed by atoms with Gasteiger partial charge < -0.3 is 10.6 Å². The Morgan fingerprint density at radius 2 is 1.67 bits per heavy atom. The van der Waals surface area contributed by atoms with Gasteiger partial charge in [0.25, 0.3) is 5.56 Å². The van der Waals surface area contributed by atoms with Crippen LogP contribution in [0.5, 0.6) is 0 Å². The third-order valence-electron chi connectivity index (χ3n) is 4.43. The first-order valence-electron chi connectivity index (χ1n) is 9.21. The third kappa shape index (κ3) is 4.13. The number of carbonyl (C=O) groups excluding carboxylic acids is 2. The molecule has 0 atom stereocenters. The summed E-state index contributed by atoms with van der Waals surface area (Å²) in [5.41, 5.74) is 3.50. The van der Waals surface area contributed by atoms with Gasteiger partial charge in [-0.25, -0.2) is 4.98 Å². The molecule has 0 aliphatic carbocycles. The number of anilines is 2. The van der Waals surface area contributed by atoms with E-state index in [0.717, 1.165) is 11.1 Å². The Bertz CT molecular complexity index is 1280. The molecule has 4 aromatic rings. The third-order valence-corrected chi connectivity index (χ3v) is 5.39. The van der Waals surface area contributed by atoms with Crippen molar-refractivity contribution in [1.82, 2.24) is 9.55 Å². The average molecular weight is 418 g/mol. The van der Waals surface area contributed by atoms with Crippen LogP contribution < -0.4 is 16.2 Å². The van der Waals surface area contributed by atoms with E-state index in [2.05, 4.69) is 15.6 Å². The highest BCUT2D eigenvalue weighted by Gasteiger charge is 2.14. The Balaban J connectivity index is 1.51. The molecule has 0 saturated carbocycles. The second kappa shape index (κ2) is 8.30. The van der Waals surface area contributed by atoms with E-state index >= 15 is 0 Å². The van der Waals surface area contributed by atoms with Crippen molar-refractivity contribution in [3.05, 3.63) is 76.7 Å². The van der Waals surface area contributed by atoms with Gasteiger partial charge in [0, 0.05) is 29.2 Å². The van der Waals surface area contributed by atoms with Crippen LogP contribution in [0.3, 0.4) is 0 Å². The second-order valence-electron chi connectivity index (χ2n) is 6.68. The van der Waals surface area contributed by atoms with Gasteiger partial charge in [-0.1, -0.05) is 30.3 Å². The number of fused-ring (bicyclic) bond motifs is 1. The summed E-state index contributed by atoms with van der Waals surface area (Å²) < 4.78 is 1.82. The zero-order valence-corrected chi connectivity index (χ0v) is 16.9. The molecule has 2 aromatic heterocycles. The van der Waals surface area contributed by atoms with E-state index in [-0.39, 0.29) is 23.9 Å². The Labute approximate surface area is 176 Å². The number of hydrogen-bond donors (Lipinski definition) is 2. The molecule has 2 heterocycles. The summed E-state index contributed by atoms with van der Waals surface area (Å²) in [7, 11) is 0. The fourth-order valence-electron chi connectivity index (χ4n) is 3.07. The zero-order chi connectivity index (χ0) is 21.1. The Morgan fingerprint density at radius 1 is 1.00 bits per heavy atom. The highest BCUT2D eigenvalue weighted by molar-refractivity contribution is 7.17. The van der Waals surface area contributed by atoms with Gasteiger partial charge in [0.15, 0.2) is 0 Å². The van der Waals surface area contributed by atoms with E-state index in [1.54, 1.807) is 24.3 Å². The van der Waals surface area contributed by atoms with Crippen LogP contribution in [0.25, 0.3) is 21.3 Å². The summed E-state index contributed by atoms with van der Waals surface area (Å²) >= 11 is 1.32. The number of nitrogens with one attached hydrogen (secondary N) is 2. The summed E-state index contributed by atoms with van der Waals surface area (Å²) in [6.07, 6.45) is 1.41. The minimum absolute atomic E-state index is 0.145. The van der Waals surface area contributed by atoms with Crippen molar-refractivity contribution in [3.63, 3.8) is 0 Å². The van der Waals surface area contributed by atoms with Crippen molar-refractivity contribution in [2.45, 2.75) is 13.5 Å². The van der Waals surface area contributed by atoms with Crippen LogP contribution in [0.4, 0.5) is 11.4 Å². The molecule has 0 radical (unpaired) electrons. The minimum atomic E-state index is -0.342. The van der Waals surface area contributed by atoms with Gasteiger partial charge in [0.1, 0.15) is 11.2 Å². The summed E-state index contributed by atoms with van der Waals surface area (Å²) in [5.74, 6) is -0.511. The average Bonchev–Trinajstić information content (AvgIpc) is 3.17. The number of amides is 2. The SMILES string of the molecule is CC(=O)Nc1ccc(NC(=O)Cn2cnc3c(-c4ccccc4)csc3c2=O)cc1. The van der Waals surface area contributed by atoms with Gasteiger partial charge in [-0.05, 0) is 29.8 Å². The van der Waals surface area contributed by atoms with Crippen LogP contribution in [0.1, 0.15) is 6.92 Å². The van der Waals surface area contributed by atoms with E-state index in [4.69, 9.17) is 0 Å². The number of rotatable bonds is 5. The van der Waals surface area contributed by atoms with Crippen molar-refractivity contribution in [3.8, 4) is 11.1 Å². The molecule has 30 heavy (non-hydrogen) atoms. The lowest BCUT2D eigenvalue weighted by molar-refractivity contribution is -0.117. The molecule has 150 valence electrons. The lowest BCUT2D eigenvalue weighted by atomic mass is 10.1. The highest BCUT2D eigenvalue weighted by atomic mass is 32.1. The van der Waals surface area contributed by atoms with Crippen LogP contribution in [0, 0.1) is 0 Å². The summed E-state index contributed by atoms with van der Waals surface area (Å²) in [6, 6.07) is 16.5. The predicted octanol–water partition coefficient (Wildman–Crippen LogP) is 3.72. The van der Waals surface area contributed by atoms with Crippen LogP contribution >= 0.6 is 11.3 Å². The smallest absolute Gasteiger partial charge is 0.271 e. The number of benzene rings is 2.